The number of benzene rings is 7. The van der Waals surface area contributed by atoms with Crippen molar-refractivity contribution in [2.45, 2.75) is 27.7 Å². The van der Waals surface area contributed by atoms with Crippen LogP contribution in [0, 0.1) is 27.7 Å². The van der Waals surface area contributed by atoms with Crippen LogP contribution in [0.1, 0.15) is 22.3 Å². The molecule has 0 aromatic heterocycles. The number of rotatable bonds is 6. The fourth-order valence-corrected chi connectivity index (χ4v) is 6.50. The van der Waals surface area contributed by atoms with Crippen LogP contribution in [-0.2, 0) is 0 Å². The first-order valence-corrected chi connectivity index (χ1v) is 15.3. The minimum absolute atomic E-state index is 1.15. The SMILES string of the molecule is Cc1cccc(N(c2ccccc2C)c2c3ccccc3c(N(c3cccc(C)c3)c3ccccc3C)c3ccccc23)c1. The molecule has 0 amide bonds. The van der Waals surface area contributed by atoms with Crippen molar-refractivity contribution in [2.24, 2.45) is 0 Å². The molecule has 0 bridgehead atoms. The van der Waals surface area contributed by atoms with Crippen LogP contribution in [0.2, 0.25) is 0 Å². The van der Waals surface area contributed by atoms with Crippen LogP contribution in [0.4, 0.5) is 34.1 Å². The topological polar surface area (TPSA) is 6.48 Å². The average molecular weight is 569 g/mol. The van der Waals surface area contributed by atoms with E-state index in [0.717, 1.165) is 11.4 Å². The van der Waals surface area contributed by atoms with Gasteiger partial charge in [-0.3, -0.25) is 0 Å². The summed E-state index contributed by atoms with van der Waals surface area (Å²) in [4.78, 5) is 4.92. The van der Waals surface area contributed by atoms with Gasteiger partial charge in [-0.05, 0) is 86.3 Å². The number of para-hydroxylation sites is 2. The fourth-order valence-electron chi connectivity index (χ4n) is 6.50. The van der Waals surface area contributed by atoms with Crippen LogP contribution >= 0.6 is 0 Å². The zero-order valence-corrected chi connectivity index (χ0v) is 25.8. The van der Waals surface area contributed by atoms with Crippen molar-refractivity contribution in [1.82, 2.24) is 0 Å². The zero-order chi connectivity index (χ0) is 30.2. The molecule has 44 heavy (non-hydrogen) atoms. The predicted octanol–water partition coefficient (Wildman–Crippen LogP) is 12.2. The molecular formula is C42H36N2. The monoisotopic (exact) mass is 568 g/mol. The highest BCUT2D eigenvalue weighted by Crippen LogP contribution is 2.51. The minimum Gasteiger partial charge on any atom is -0.309 e. The Kier molecular flexibility index (Phi) is 7.12. The van der Waals surface area contributed by atoms with Gasteiger partial charge in [-0.25, -0.2) is 0 Å². The predicted molar refractivity (Wildman–Crippen MR) is 190 cm³/mol. The molecular weight excluding hydrogens is 532 g/mol. The molecule has 0 N–H and O–H groups in total. The highest BCUT2D eigenvalue weighted by atomic mass is 15.2. The molecule has 0 saturated heterocycles. The second kappa shape index (κ2) is 11.4. The van der Waals surface area contributed by atoms with Crippen molar-refractivity contribution in [3.8, 4) is 0 Å². The van der Waals surface area contributed by atoms with Gasteiger partial charge in [0, 0.05) is 44.3 Å². The van der Waals surface area contributed by atoms with Gasteiger partial charge >= 0.3 is 0 Å². The maximum absolute atomic E-state index is 2.46. The molecule has 0 spiro atoms. The normalized spacial score (nSPS) is 11.2. The number of aryl methyl sites for hydroxylation is 4. The fraction of sp³-hybridized carbons (Fsp3) is 0.0952. The van der Waals surface area contributed by atoms with Crippen molar-refractivity contribution in [2.75, 3.05) is 9.80 Å². The Hall–Kier alpha value is -5.34. The molecule has 0 aliphatic rings. The molecule has 7 rings (SSSR count). The lowest BCUT2D eigenvalue weighted by molar-refractivity contribution is 1.25. The van der Waals surface area contributed by atoms with Gasteiger partial charge in [-0.2, -0.15) is 0 Å². The van der Waals surface area contributed by atoms with Crippen LogP contribution in [0.15, 0.2) is 146 Å². The van der Waals surface area contributed by atoms with E-state index in [9.17, 15) is 0 Å². The zero-order valence-electron chi connectivity index (χ0n) is 25.8. The maximum Gasteiger partial charge on any atom is 0.0620 e. The first-order valence-electron chi connectivity index (χ1n) is 15.3. The van der Waals surface area contributed by atoms with E-state index in [1.165, 1.54) is 66.5 Å². The van der Waals surface area contributed by atoms with E-state index < -0.39 is 0 Å². The molecule has 7 aromatic carbocycles. The van der Waals surface area contributed by atoms with E-state index in [1.54, 1.807) is 0 Å². The number of fused-ring (bicyclic) bond motifs is 2. The molecule has 0 atom stereocenters. The number of hydrogen-bond donors (Lipinski definition) is 0. The molecule has 0 saturated carbocycles. The van der Waals surface area contributed by atoms with E-state index in [2.05, 4.69) is 183 Å². The molecule has 0 aliphatic carbocycles. The van der Waals surface area contributed by atoms with E-state index in [-0.39, 0.29) is 0 Å². The summed E-state index contributed by atoms with van der Waals surface area (Å²) < 4.78 is 0. The van der Waals surface area contributed by atoms with Crippen LogP contribution < -0.4 is 9.80 Å². The van der Waals surface area contributed by atoms with E-state index >= 15 is 0 Å². The average Bonchev–Trinajstić information content (AvgIpc) is 3.04. The van der Waals surface area contributed by atoms with Gasteiger partial charge in [0.1, 0.15) is 0 Å². The largest absolute Gasteiger partial charge is 0.309 e. The van der Waals surface area contributed by atoms with Crippen molar-refractivity contribution in [1.29, 1.82) is 0 Å². The van der Waals surface area contributed by atoms with Gasteiger partial charge in [0.15, 0.2) is 0 Å². The van der Waals surface area contributed by atoms with Crippen LogP contribution in [0.3, 0.4) is 0 Å². The standard InChI is InChI=1S/C42H36N2/c1-29-15-13-19-33(27-29)43(39-25-11-5-17-31(39)3)41-35-21-7-9-23-37(35)42(38-24-10-8-22-36(38)41)44(34-20-14-16-30(2)28-34)40-26-12-6-18-32(40)4/h5-28H,1-4H3. The van der Waals surface area contributed by atoms with E-state index in [0.29, 0.717) is 0 Å². The van der Waals surface area contributed by atoms with E-state index in [1.807, 2.05) is 0 Å². The van der Waals surface area contributed by atoms with Crippen molar-refractivity contribution in [3.63, 3.8) is 0 Å². The molecule has 214 valence electrons. The summed E-state index contributed by atoms with van der Waals surface area (Å²) in [7, 11) is 0. The van der Waals surface area contributed by atoms with Gasteiger partial charge in [-0.15, -0.1) is 0 Å². The maximum atomic E-state index is 2.46. The lowest BCUT2D eigenvalue weighted by Gasteiger charge is -2.34. The molecule has 0 fully saturated rings. The van der Waals surface area contributed by atoms with Gasteiger partial charge in [-0.1, -0.05) is 109 Å². The lowest BCUT2D eigenvalue weighted by Crippen LogP contribution is -2.15. The molecule has 2 nitrogen and oxygen atoms in total. The third-order valence-corrected chi connectivity index (χ3v) is 8.55. The Morgan fingerprint density at radius 2 is 0.682 bits per heavy atom. The minimum atomic E-state index is 1.15. The summed E-state index contributed by atoms with van der Waals surface area (Å²) in [6, 6.07) is 52.9. The Morgan fingerprint density at radius 1 is 0.341 bits per heavy atom. The van der Waals surface area contributed by atoms with E-state index in [4.69, 9.17) is 0 Å². The highest BCUT2D eigenvalue weighted by Gasteiger charge is 2.26. The Bertz CT molecular complexity index is 1930. The molecule has 0 heterocycles. The summed E-state index contributed by atoms with van der Waals surface area (Å²) in [5.74, 6) is 0. The third-order valence-electron chi connectivity index (χ3n) is 8.55. The summed E-state index contributed by atoms with van der Waals surface area (Å²) in [6.45, 7) is 8.74. The van der Waals surface area contributed by atoms with Crippen molar-refractivity contribution >= 4 is 55.7 Å². The summed E-state index contributed by atoms with van der Waals surface area (Å²) in [5, 5.41) is 4.82. The van der Waals surface area contributed by atoms with Gasteiger partial charge < -0.3 is 9.80 Å². The Morgan fingerprint density at radius 3 is 1.02 bits per heavy atom. The smallest absolute Gasteiger partial charge is 0.0620 e. The lowest BCUT2D eigenvalue weighted by atomic mass is 9.94. The Balaban J connectivity index is 1.64. The quantitative estimate of drug-likeness (QED) is 0.145. The van der Waals surface area contributed by atoms with Crippen LogP contribution in [-0.4, -0.2) is 0 Å². The van der Waals surface area contributed by atoms with Gasteiger partial charge in [0.25, 0.3) is 0 Å². The first kappa shape index (κ1) is 27.5. The van der Waals surface area contributed by atoms with Crippen molar-refractivity contribution in [3.05, 3.63) is 168 Å². The third kappa shape index (κ3) is 4.79. The molecule has 0 unspecified atom stereocenters. The summed E-state index contributed by atoms with van der Waals surface area (Å²) in [6.07, 6.45) is 0. The highest BCUT2D eigenvalue weighted by molar-refractivity contribution is 6.23. The first-order chi connectivity index (χ1) is 21.5. The number of hydrogen-bond acceptors (Lipinski definition) is 2. The van der Waals surface area contributed by atoms with Crippen LogP contribution in [0.25, 0.3) is 21.5 Å². The van der Waals surface area contributed by atoms with Crippen molar-refractivity contribution < 1.29 is 0 Å². The Labute approximate surface area is 260 Å². The molecule has 7 aromatic rings. The number of nitrogens with zero attached hydrogens (tertiary/aromatic N) is 2. The van der Waals surface area contributed by atoms with Crippen LogP contribution in [0.5, 0.6) is 0 Å². The van der Waals surface area contributed by atoms with Gasteiger partial charge in [0.05, 0.1) is 11.4 Å². The molecule has 2 heteroatoms. The second-order valence-corrected chi connectivity index (χ2v) is 11.7. The molecule has 0 radical (unpaired) electrons. The summed E-state index contributed by atoms with van der Waals surface area (Å²) >= 11 is 0. The second-order valence-electron chi connectivity index (χ2n) is 11.7. The molecule has 0 aliphatic heterocycles. The van der Waals surface area contributed by atoms with Gasteiger partial charge in [0.2, 0.25) is 0 Å². The number of anilines is 6. The summed E-state index contributed by atoms with van der Waals surface area (Å²) in [5.41, 5.74) is 12.0.